The van der Waals surface area contributed by atoms with Crippen LogP contribution in [0.4, 0.5) is 5.00 Å². The molecule has 1 aliphatic carbocycles. The van der Waals surface area contributed by atoms with E-state index < -0.39 is 5.97 Å². The van der Waals surface area contributed by atoms with E-state index in [1.807, 2.05) is 48.5 Å². The van der Waals surface area contributed by atoms with Crippen LogP contribution in [0.5, 0.6) is 11.5 Å². The molecule has 2 heterocycles. The third-order valence-electron chi connectivity index (χ3n) is 7.48. The minimum absolute atomic E-state index is 0.0158. The fraction of sp³-hybridized carbons (Fsp3) is 0.364. The van der Waals surface area contributed by atoms with E-state index in [2.05, 4.69) is 20.8 Å². The maximum atomic E-state index is 13.3. The number of benzene rings is 2. The number of methoxy groups -OCH3 is 2. The molecule has 0 aliphatic heterocycles. The Kier molecular flexibility index (Phi) is 11.3. The van der Waals surface area contributed by atoms with Crippen LogP contribution in [-0.4, -0.2) is 59.1 Å². The standard InChI is InChI=1S/C33H37N5O6S2/c1-4-44-32(41)30-23-10-6-5-7-13-26(23)46-31(30)35-29(40)20-45-33-37-36-27(38(33)24-11-8-9-12-25(24)43-3)19-34-28(39)18-21-14-16-22(42-2)17-15-21/h8-9,11-12,14-17H,4-7,10,13,18-20H2,1-3H3,(H,34,39)(H,35,40). The molecule has 0 unspecified atom stereocenters. The summed E-state index contributed by atoms with van der Waals surface area (Å²) >= 11 is 2.66. The minimum Gasteiger partial charge on any atom is -0.497 e. The summed E-state index contributed by atoms with van der Waals surface area (Å²) in [6, 6.07) is 14.7. The van der Waals surface area contributed by atoms with Crippen molar-refractivity contribution in [2.75, 3.05) is 31.9 Å². The molecular formula is C33H37N5O6S2. The number of amides is 2. The SMILES string of the molecule is CCOC(=O)c1c(NC(=O)CSc2nnc(CNC(=O)Cc3ccc(OC)cc3)n2-c2ccccc2OC)sc2c1CCCCC2. The van der Waals surface area contributed by atoms with E-state index in [1.165, 1.54) is 23.1 Å². The molecule has 4 aromatic rings. The lowest BCUT2D eigenvalue weighted by atomic mass is 10.1. The molecular weight excluding hydrogens is 627 g/mol. The smallest absolute Gasteiger partial charge is 0.341 e. The van der Waals surface area contributed by atoms with Gasteiger partial charge < -0.3 is 24.8 Å². The molecule has 1 aliphatic rings. The van der Waals surface area contributed by atoms with Crippen molar-refractivity contribution in [2.24, 2.45) is 0 Å². The number of ether oxygens (including phenoxy) is 3. The summed E-state index contributed by atoms with van der Waals surface area (Å²) in [7, 11) is 3.17. The topological polar surface area (TPSA) is 134 Å². The van der Waals surface area contributed by atoms with E-state index in [9.17, 15) is 14.4 Å². The van der Waals surface area contributed by atoms with Crippen LogP contribution in [0.2, 0.25) is 0 Å². The average molecular weight is 664 g/mol. The van der Waals surface area contributed by atoms with Crippen molar-refractivity contribution in [3.8, 4) is 17.2 Å². The zero-order valence-electron chi connectivity index (χ0n) is 26.1. The maximum Gasteiger partial charge on any atom is 0.341 e. The lowest BCUT2D eigenvalue weighted by Crippen LogP contribution is -2.26. The van der Waals surface area contributed by atoms with Gasteiger partial charge in [-0.05, 0) is 68.0 Å². The van der Waals surface area contributed by atoms with Crippen LogP contribution in [0.3, 0.4) is 0 Å². The van der Waals surface area contributed by atoms with Crippen molar-refractivity contribution in [1.82, 2.24) is 20.1 Å². The molecule has 2 aromatic heterocycles. The Morgan fingerprint density at radius 3 is 2.50 bits per heavy atom. The lowest BCUT2D eigenvalue weighted by molar-refractivity contribution is -0.120. The van der Waals surface area contributed by atoms with E-state index in [-0.39, 0.29) is 37.1 Å². The second-order valence-electron chi connectivity index (χ2n) is 10.5. The highest BCUT2D eigenvalue weighted by atomic mass is 32.2. The molecule has 0 radical (unpaired) electrons. The summed E-state index contributed by atoms with van der Waals surface area (Å²) < 4.78 is 17.9. The molecule has 5 rings (SSSR count). The van der Waals surface area contributed by atoms with E-state index in [0.717, 1.165) is 53.9 Å². The number of para-hydroxylation sites is 2. The highest BCUT2D eigenvalue weighted by Crippen LogP contribution is 2.38. The number of esters is 1. The van der Waals surface area contributed by atoms with Gasteiger partial charge in [0.15, 0.2) is 11.0 Å². The third-order valence-corrected chi connectivity index (χ3v) is 9.62. The number of anilines is 1. The minimum atomic E-state index is -0.403. The fourth-order valence-electron chi connectivity index (χ4n) is 5.28. The van der Waals surface area contributed by atoms with Gasteiger partial charge in [0.25, 0.3) is 0 Å². The number of thiophene rings is 1. The molecule has 0 atom stereocenters. The molecule has 2 amide bonds. The maximum absolute atomic E-state index is 13.3. The van der Waals surface area contributed by atoms with Crippen LogP contribution in [0.15, 0.2) is 53.7 Å². The average Bonchev–Trinajstić information content (AvgIpc) is 3.54. The van der Waals surface area contributed by atoms with Gasteiger partial charge in [-0.15, -0.1) is 21.5 Å². The summed E-state index contributed by atoms with van der Waals surface area (Å²) in [5.74, 6) is 0.926. The van der Waals surface area contributed by atoms with Gasteiger partial charge in [-0.2, -0.15) is 0 Å². The number of nitrogens with zero attached hydrogens (tertiary/aromatic N) is 3. The van der Waals surface area contributed by atoms with Crippen LogP contribution in [0, 0.1) is 0 Å². The summed E-state index contributed by atoms with van der Waals surface area (Å²) in [4.78, 5) is 40.2. The summed E-state index contributed by atoms with van der Waals surface area (Å²) in [5.41, 5.74) is 2.99. The number of fused-ring (bicyclic) bond motifs is 1. The van der Waals surface area contributed by atoms with E-state index in [0.29, 0.717) is 33.0 Å². The molecule has 11 nitrogen and oxygen atoms in total. The summed E-state index contributed by atoms with van der Waals surface area (Å²) in [6.07, 6.45) is 5.05. The number of hydrogen-bond acceptors (Lipinski definition) is 10. The van der Waals surface area contributed by atoms with Crippen molar-refractivity contribution in [1.29, 1.82) is 0 Å². The Hall–Kier alpha value is -4.36. The van der Waals surface area contributed by atoms with Crippen LogP contribution >= 0.6 is 23.1 Å². The van der Waals surface area contributed by atoms with Gasteiger partial charge in [0.05, 0.1) is 50.8 Å². The second-order valence-corrected chi connectivity index (χ2v) is 12.6. The number of carbonyl (C=O) groups excluding carboxylic acids is 3. The Morgan fingerprint density at radius 1 is 0.957 bits per heavy atom. The Labute approximate surface area is 276 Å². The number of carbonyl (C=O) groups is 3. The van der Waals surface area contributed by atoms with E-state index >= 15 is 0 Å². The molecule has 0 bridgehead atoms. The number of aromatic nitrogens is 3. The molecule has 242 valence electrons. The Balaban J connectivity index is 1.32. The van der Waals surface area contributed by atoms with Crippen molar-refractivity contribution >= 4 is 45.9 Å². The Morgan fingerprint density at radius 2 is 1.74 bits per heavy atom. The first-order valence-corrected chi connectivity index (χ1v) is 16.9. The zero-order chi connectivity index (χ0) is 32.5. The first-order valence-electron chi connectivity index (χ1n) is 15.1. The van der Waals surface area contributed by atoms with Gasteiger partial charge in [0.2, 0.25) is 11.8 Å². The van der Waals surface area contributed by atoms with Crippen LogP contribution in [-0.2, 0) is 40.1 Å². The highest BCUT2D eigenvalue weighted by molar-refractivity contribution is 7.99. The lowest BCUT2D eigenvalue weighted by Gasteiger charge is -2.14. The number of thioether (sulfide) groups is 1. The van der Waals surface area contributed by atoms with Gasteiger partial charge in [0.1, 0.15) is 16.5 Å². The van der Waals surface area contributed by atoms with Gasteiger partial charge in [-0.25, -0.2) is 4.79 Å². The number of nitrogens with one attached hydrogen (secondary N) is 2. The largest absolute Gasteiger partial charge is 0.497 e. The van der Waals surface area contributed by atoms with Gasteiger partial charge in [-0.3, -0.25) is 14.2 Å². The quantitative estimate of drug-likeness (QED) is 0.110. The van der Waals surface area contributed by atoms with E-state index in [4.69, 9.17) is 14.2 Å². The first kappa shape index (κ1) is 33.0. The number of hydrogen-bond donors (Lipinski definition) is 2. The highest BCUT2D eigenvalue weighted by Gasteiger charge is 2.27. The zero-order valence-corrected chi connectivity index (χ0v) is 27.7. The molecule has 2 aromatic carbocycles. The molecule has 46 heavy (non-hydrogen) atoms. The van der Waals surface area contributed by atoms with Gasteiger partial charge in [0, 0.05) is 4.88 Å². The van der Waals surface area contributed by atoms with Crippen LogP contribution < -0.4 is 20.1 Å². The molecule has 0 saturated heterocycles. The normalized spacial score (nSPS) is 12.5. The van der Waals surface area contributed by atoms with Crippen molar-refractivity contribution in [3.63, 3.8) is 0 Å². The van der Waals surface area contributed by atoms with E-state index in [1.54, 1.807) is 25.7 Å². The first-order chi connectivity index (χ1) is 22.4. The van der Waals surface area contributed by atoms with Gasteiger partial charge in [-0.1, -0.05) is 42.4 Å². The third kappa shape index (κ3) is 7.88. The van der Waals surface area contributed by atoms with Gasteiger partial charge >= 0.3 is 5.97 Å². The molecule has 0 spiro atoms. The Bertz CT molecular complexity index is 1680. The molecule has 0 saturated carbocycles. The monoisotopic (exact) mass is 663 g/mol. The van der Waals surface area contributed by atoms with Crippen LogP contribution in [0.25, 0.3) is 5.69 Å². The molecule has 0 fully saturated rings. The summed E-state index contributed by atoms with van der Waals surface area (Å²) in [6.45, 7) is 2.14. The second kappa shape index (κ2) is 15.8. The summed E-state index contributed by atoms with van der Waals surface area (Å²) in [5, 5.41) is 15.6. The number of rotatable bonds is 13. The number of aryl methyl sites for hydroxylation is 1. The fourth-order valence-corrected chi connectivity index (χ4v) is 7.33. The van der Waals surface area contributed by atoms with Crippen molar-refractivity contribution < 1.29 is 28.6 Å². The molecule has 2 N–H and O–H groups in total. The van der Waals surface area contributed by atoms with Crippen molar-refractivity contribution in [3.05, 3.63) is 75.9 Å². The molecule has 13 heteroatoms. The van der Waals surface area contributed by atoms with Crippen LogP contribution in [0.1, 0.15) is 58.4 Å². The predicted molar refractivity (Wildman–Crippen MR) is 177 cm³/mol. The van der Waals surface area contributed by atoms with Crippen molar-refractivity contribution in [2.45, 2.75) is 57.1 Å². The predicted octanol–water partition coefficient (Wildman–Crippen LogP) is 5.38.